The van der Waals surface area contributed by atoms with Crippen molar-refractivity contribution in [1.29, 1.82) is 0 Å². The molecule has 1 heterocycles. The van der Waals surface area contributed by atoms with Gasteiger partial charge in [-0.15, -0.1) is 0 Å². The highest BCUT2D eigenvalue weighted by Crippen LogP contribution is 2.25. The molecule has 0 spiro atoms. The van der Waals surface area contributed by atoms with Crippen molar-refractivity contribution in [2.75, 3.05) is 0 Å². The molecule has 26 heavy (non-hydrogen) atoms. The highest BCUT2D eigenvalue weighted by atomic mass is 35.5. The predicted octanol–water partition coefficient (Wildman–Crippen LogP) is 4.02. The predicted molar refractivity (Wildman–Crippen MR) is 93.4 cm³/mol. The van der Waals surface area contributed by atoms with Crippen molar-refractivity contribution in [2.24, 2.45) is 4.99 Å². The molecule has 134 valence electrons. The standard InChI is InChI=1S/C17H11ClF2N2O3S/c1-8(16(24)25)22-14-12(20)6-11(19)7-13(14)26-17(22)21-15(23)9-3-2-4-10(18)5-9/h2-8H,1H3,(H,24,25). The number of carboxylic acid groups (broad SMARTS) is 1. The topological polar surface area (TPSA) is 71.7 Å². The molecule has 0 saturated carbocycles. The van der Waals surface area contributed by atoms with Gasteiger partial charge in [-0.05, 0) is 31.2 Å². The fraction of sp³-hybridized carbons (Fsp3) is 0.118. The summed E-state index contributed by atoms with van der Waals surface area (Å²) in [5, 5.41) is 9.65. The number of aromatic nitrogens is 1. The number of amides is 1. The Morgan fingerprint density at radius 1 is 1.27 bits per heavy atom. The summed E-state index contributed by atoms with van der Waals surface area (Å²) >= 11 is 6.68. The molecule has 9 heteroatoms. The number of fused-ring (bicyclic) bond motifs is 1. The summed E-state index contributed by atoms with van der Waals surface area (Å²) in [7, 11) is 0. The molecular weight excluding hydrogens is 386 g/mol. The zero-order valence-corrected chi connectivity index (χ0v) is 14.8. The van der Waals surface area contributed by atoms with Gasteiger partial charge in [-0.3, -0.25) is 9.36 Å². The summed E-state index contributed by atoms with van der Waals surface area (Å²) in [5.41, 5.74) is 0.0695. The van der Waals surface area contributed by atoms with Crippen LogP contribution in [0.15, 0.2) is 41.4 Å². The van der Waals surface area contributed by atoms with E-state index in [2.05, 4.69) is 4.99 Å². The number of benzene rings is 2. The van der Waals surface area contributed by atoms with E-state index in [1.54, 1.807) is 12.1 Å². The number of carbonyl (C=O) groups is 2. The van der Waals surface area contributed by atoms with Crippen molar-refractivity contribution in [2.45, 2.75) is 13.0 Å². The molecule has 2 aromatic carbocycles. The zero-order valence-electron chi connectivity index (χ0n) is 13.2. The number of rotatable bonds is 3. The van der Waals surface area contributed by atoms with Gasteiger partial charge in [-0.25, -0.2) is 13.6 Å². The van der Waals surface area contributed by atoms with Crippen LogP contribution >= 0.6 is 22.9 Å². The Morgan fingerprint density at radius 2 is 2.00 bits per heavy atom. The number of hydrogen-bond acceptors (Lipinski definition) is 3. The third-order valence-electron chi connectivity index (χ3n) is 3.65. The van der Waals surface area contributed by atoms with Crippen molar-refractivity contribution in [1.82, 2.24) is 4.57 Å². The fourth-order valence-corrected chi connectivity index (χ4v) is 3.74. The maximum Gasteiger partial charge on any atom is 0.326 e. The van der Waals surface area contributed by atoms with Crippen LogP contribution < -0.4 is 4.80 Å². The van der Waals surface area contributed by atoms with Gasteiger partial charge in [0, 0.05) is 16.7 Å². The molecule has 0 radical (unpaired) electrons. The number of carboxylic acids is 1. The SMILES string of the molecule is CC(C(=O)O)n1c(=NC(=O)c2cccc(Cl)c2)sc2cc(F)cc(F)c21. The van der Waals surface area contributed by atoms with Gasteiger partial charge in [0.1, 0.15) is 11.9 Å². The van der Waals surface area contributed by atoms with Crippen LogP contribution in [0.4, 0.5) is 8.78 Å². The lowest BCUT2D eigenvalue weighted by molar-refractivity contribution is -0.140. The van der Waals surface area contributed by atoms with Crippen LogP contribution in [0, 0.1) is 11.6 Å². The second kappa shape index (κ2) is 6.97. The lowest BCUT2D eigenvalue weighted by Crippen LogP contribution is -2.26. The molecule has 3 aromatic rings. The van der Waals surface area contributed by atoms with Crippen molar-refractivity contribution in [3.63, 3.8) is 0 Å². The molecule has 0 aliphatic heterocycles. The summed E-state index contributed by atoms with van der Waals surface area (Å²) in [6.07, 6.45) is 0. The molecule has 1 atom stereocenters. The van der Waals surface area contributed by atoms with Gasteiger partial charge in [0.05, 0.1) is 10.2 Å². The maximum absolute atomic E-state index is 14.3. The first kappa shape index (κ1) is 18.2. The van der Waals surface area contributed by atoms with Gasteiger partial charge in [-0.1, -0.05) is 29.0 Å². The first-order chi connectivity index (χ1) is 12.3. The van der Waals surface area contributed by atoms with Crippen molar-refractivity contribution in [3.05, 3.63) is 63.4 Å². The normalized spacial score (nSPS) is 13.2. The lowest BCUT2D eigenvalue weighted by Gasteiger charge is -2.10. The molecule has 1 N–H and O–H groups in total. The molecule has 0 aliphatic carbocycles. The minimum Gasteiger partial charge on any atom is -0.480 e. The Balaban J connectivity index is 2.28. The van der Waals surface area contributed by atoms with E-state index in [0.29, 0.717) is 11.1 Å². The molecule has 1 amide bonds. The van der Waals surface area contributed by atoms with Crippen LogP contribution in [0.1, 0.15) is 23.3 Å². The van der Waals surface area contributed by atoms with Crippen LogP contribution in [0.3, 0.4) is 0 Å². The van der Waals surface area contributed by atoms with E-state index in [1.165, 1.54) is 19.1 Å². The van der Waals surface area contributed by atoms with E-state index >= 15 is 0 Å². The molecule has 0 bridgehead atoms. The average Bonchev–Trinajstić information content (AvgIpc) is 2.91. The third kappa shape index (κ3) is 3.38. The lowest BCUT2D eigenvalue weighted by atomic mass is 10.2. The number of hydrogen-bond donors (Lipinski definition) is 1. The third-order valence-corrected chi connectivity index (χ3v) is 4.89. The molecule has 0 aliphatic rings. The number of aliphatic carboxylic acids is 1. The van der Waals surface area contributed by atoms with Gasteiger partial charge >= 0.3 is 5.97 Å². The van der Waals surface area contributed by atoms with Crippen molar-refractivity contribution >= 4 is 45.0 Å². The van der Waals surface area contributed by atoms with Gasteiger partial charge in [0.2, 0.25) is 0 Å². The molecule has 1 aromatic heterocycles. The largest absolute Gasteiger partial charge is 0.480 e. The fourth-order valence-electron chi connectivity index (χ4n) is 2.42. The summed E-state index contributed by atoms with van der Waals surface area (Å²) in [5.74, 6) is -3.66. The van der Waals surface area contributed by atoms with Gasteiger partial charge in [-0.2, -0.15) is 4.99 Å². The average molecular weight is 397 g/mol. The number of nitrogens with zero attached hydrogens (tertiary/aromatic N) is 2. The number of halogens is 3. The van der Waals surface area contributed by atoms with E-state index < -0.39 is 29.6 Å². The molecule has 0 fully saturated rings. The number of thiazole rings is 1. The first-order valence-corrected chi connectivity index (χ1v) is 8.55. The molecule has 0 saturated heterocycles. The van der Waals surface area contributed by atoms with Crippen LogP contribution in [0.5, 0.6) is 0 Å². The minimum atomic E-state index is -1.25. The van der Waals surface area contributed by atoms with Crippen molar-refractivity contribution in [3.8, 4) is 0 Å². The van der Waals surface area contributed by atoms with E-state index in [0.717, 1.165) is 22.0 Å². The van der Waals surface area contributed by atoms with E-state index in [9.17, 15) is 23.5 Å². The Hall–Kier alpha value is -2.58. The number of carbonyl (C=O) groups excluding carboxylic acids is 1. The zero-order chi connectivity index (χ0) is 19.0. The second-order valence-corrected chi connectivity index (χ2v) is 6.88. The van der Waals surface area contributed by atoms with Crippen LogP contribution in [0.2, 0.25) is 5.02 Å². The van der Waals surface area contributed by atoms with Gasteiger partial charge < -0.3 is 5.11 Å². The highest BCUT2D eigenvalue weighted by molar-refractivity contribution is 7.16. The Labute approximate surface area is 154 Å². The minimum absolute atomic E-state index is 0.0515. The quantitative estimate of drug-likeness (QED) is 0.726. The second-order valence-electron chi connectivity index (χ2n) is 5.43. The van der Waals surface area contributed by atoms with E-state index in [4.69, 9.17) is 11.6 Å². The molecule has 1 unspecified atom stereocenters. The first-order valence-electron chi connectivity index (χ1n) is 7.35. The molecular formula is C17H11ClF2N2O3S. The van der Waals surface area contributed by atoms with E-state index in [-0.39, 0.29) is 20.6 Å². The van der Waals surface area contributed by atoms with Gasteiger partial charge in [0.15, 0.2) is 10.6 Å². The van der Waals surface area contributed by atoms with Crippen molar-refractivity contribution < 1.29 is 23.5 Å². The Kier molecular flexibility index (Phi) is 4.88. The summed E-state index contributed by atoms with van der Waals surface area (Å²) in [4.78, 5) is 27.7. The summed E-state index contributed by atoms with van der Waals surface area (Å²) < 4.78 is 29.0. The highest BCUT2D eigenvalue weighted by Gasteiger charge is 2.22. The molecule has 5 nitrogen and oxygen atoms in total. The van der Waals surface area contributed by atoms with E-state index in [1.807, 2.05) is 0 Å². The monoisotopic (exact) mass is 396 g/mol. The van der Waals surface area contributed by atoms with Gasteiger partial charge in [0.25, 0.3) is 5.91 Å². The summed E-state index contributed by atoms with van der Waals surface area (Å²) in [6.45, 7) is 1.32. The van der Waals surface area contributed by atoms with Crippen LogP contribution in [-0.4, -0.2) is 21.6 Å². The molecule has 3 rings (SSSR count). The summed E-state index contributed by atoms with van der Waals surface area (Å²) in [6, 6.07) is 6.57. The van der Waals surface area contributed by atoms with Crippen LogP contribution in [0.25, 0.3) is 10.2 Å². The smallest absolute Gasteiger partial charge is 0.326 e. The Bertz CT molecular complexity index is 1110. The van der Waals surface area contributed by atoms with Crippen LogP contribution in [-0.2, 0) is 4.79 Å². The Morgan fingerprint density at radius 3 is 2.65 bits per heavy atom. The maximum atomic E-state index is 14.3.